The van der Waals surface area contributed by atoms with E-state index < -0.39 is 0 Å². The molecule has 0 aromatic carbocycles. The molecule has 0 aliphatic carbocycles. The highest BCUT2D eigenvalue weighted by Crippen LogP contribution is 2.10. The van der Waals surface area contributed by atoms with Crippen LogP contribution in [0.25, 0.3) is 0 Å². The molecule has 132 valence electrons. The first-order valence-electron chi connectivity index (χ1n) is 7.49. The van der Waals surface area contributed by atoms with Crippen LogP contribution in [0, 0.1) is 13.8 Å². The van der Waals surface area contributed by atoms with E-state index in [2.05, 4.69) is 44.3 Å². The number of guanidine groups is 1. The number of aryl methyl sites for hydroxylation is 2. The zero-order chi connectivity index (χ0) is 16.7. The van der Waals surface area contributed by atoms with Crippen molar-refractivity contribution in [2.24, 2.45) is 12.0 Å². The van der Waals surface area contributed by atoms with Gasteiger partial charge in [0.15, 0.2) is 11.8 Å². The van der Waals surface area contributed by atoms with Crippen LogP contribution in [-0.4, -0.2) is 38.8 Å². The first-order chi connectivity index (χ1) is 11.1. The molecule has 0 saturated heterocycles. The molecule has 7 nitrogen and oxygen atoms in total. The lowest BCUT2D eigenvalue weighted by Crippen LogP contribution is -2.38. The monoisotopic (exact) mass is 461 g/mol. The number of halogens is 1. The van der Waals surface area contributed by atoms with Crippen LogP contribution in [0.15, 0.2) is 23.8 Å². The maximum atomic E-state index is 4.55. The molecule has 2 heterocycles. The number of hydrogen-bond acceptors (Lipinski definition) is 5. The van der Waals surface area contributed by atoms with Gasteiger partial charge in [0.05, 0.1) is 5.01 Å². The van der Waals surface area contributed by atoms with Gasteiger partial charge in [0.2, 0.25) is 0 Å². The zero-order valence-electron chi connectivity index (χ0n) is 14.2. The van der Waals surface area contributed by atoms with Crippen molar-refractivity contribution in [3.05, 3.63) is 40.4 Å². The highest BCUT2D eigenvalue weighted by Gasteiger charge is 2.05. The van der Waals surface area contributed by atoms with Gasteiger partial charge in [-0.05, 0) is 13.8 Å². The first kappa shape index (κ1) is 20.6. The molecule has 0 aliphatic rings. The van der Waals surface area contributed by atoms with E-state index in [0.29, 0.717) is 13.1 Å². The molecule has 24 heavy (non-hydrogen) atoms. The Balaban J connectivity index is 0.00000288. The van der Waals surface area contributed by atoms with Crippen LogP contribution in [0.3, 0.4) is 0 Å². The predicted molar refractivity (Wildman–Crippen MR) is 109 cm³/mol. The molecular formula is C15H24IN7S. The van der Waals surface area contributed by atoms with E-state index in [1.807, 2.05) is 24.7 Å². The van der Waals surface area contributed by atoms with Crippen LogP contribution in [0.2, 0.25) is 0 Å². The van der Waals surface area contributed by atoms with Gasteiger partial charge in [0, 0.05) is 37.6 Å². The quantitative estimate of drug-likeness (QED) is 0.285. The number of aliphatic imine (C=N–C) groups is 1. The Morgan fingerprint density at radius 3 is 2.75 bits per heavy atom. The van der Waals surface area contributed by atoms with Crippen LogP contribution >= 0.6 is 35.3 Å². The van der Waals surface area contributed by atoms with Crippen molar-refractivity contribution in [1.82, 2.24) is 30.4 Å². The smallest absolute Gasteiger partial charge is 0.191 e. The van der Waals surface area contributed by atoms with Gasteiger partial charge in [-0.1, -0.05) is 6.08 Å². The Morgan fingerprint density at radius 2 is 2.17 bits per heavy atom. The van der Waals surface area contributed by atoms with E-state index in [4.69, 9.17) is 0 Å². The molecule has 0 unspecified atom stereocenters. The lowest BCUT2D eigenvalue weighted by atomic mass is 10.4. The van der Waals surface area contributed by atoms with Crippen molar-refractivity contribution < 1.29 is 0 Å². The van der Waals surface area contributed by atoms with E-state index in [0.717, 1.165) is 35.6 Å². The molecule has 2 aromatic heterocycles. The lowest BCUT2D eigenvalue weighted by Gasteiger charge is -2.10. The van der Waals surface area contributed by atoms with E-state index >= 15 is 0 Å². The first-order valence-corrected chi connectivity index (χ1v) is 8.31. The molecular weight excluding hydrogens is 437 g/mol. The summed E-state index contributed by atoms with van der Waals surface area (Å²) in [6.45, 7) is 9.60. The molecule has 9 heteroatoms. The van der Waals surface area contributed by atoms with Crippen molar-refractivity contribution in [1.29, 1.82) is 0 Å². The minimum absolute atomic E-state index is 0. The van der Waals surface area contributed by atoms with Gasteiger partial charge >= 0.3 is 0 Å². The average molecular weight is 461 g/mol. The summed E-state index contributed by atoms with van der Waals surface area (Å²) < 4.78 is 1.94. The molecule has 2 rings (SSSR count). The average Bonchev–Trinajstić information content (AvgIpc) is 3.09. The molecule has 0 amide bonds. The fourth-order valence-electron chi connectivity index (χ4n) is 1.89. The fraction of sp³-hybridized carbons (Fsp3) is 0.467. The standard InChI is InChI=1S/C15H23N7S.HI/c1-5-7-16-15(17-8-6-14-18-9-11(2)23-14)19-10-13-21-20-12(3)22(13)4;/h5,9H,1,6-8,10H2,2-4H3,(H2,16,17,19);1H. The SMILES string of the molecule is C=CCNC(=NCc1nnc(C)n1C)NCCc1ncc(C)s1.I. The molecule has 2 N–H and O–H groups in total. The Labute approximate surface area is 163 Å². The molecule has 0 atom stereocenters. The summed E-state index contributed by atoms with van der Waals surface area (Å²) in [5.41, 5.74) is 0. The third-order valence-corrected chi connectivity index (χ3v) is 4.25. The minimum atomic E-state index is 0. The van der Waals surface area contributed by atoms with Crippen LogP contribution < -0.4 is 10.6 Å². The normalized spacial score (nSPS) is 11.0. The van der Waals surface area contributed by atoms with Gasteiger partial charge in [-0.3, -0.25) is 0 Å². The van der Waals surface area contributed by atoms with Crippen molar-refractivity contribution in [3.63, 3.8) is 0 Å². The van der Waals surface area contributed by atoms with Gasteiger partial charge in [-0.15, -0.1) is 52.1 Å². The third kappa shape index (κ3) is 6.19. The molecule has 0 fully saturated rings. The van der Waals surface area contributed by atoms with Gasteiger partial charge in [-0.2, -0.15) is 0 Å². The number of nitrogens with one attached hydrogen (secondary N) is 2. The summed E-state index contributed by atoms with van der Waals surface area (Å²) in [7, 11) is 1.94. The van der Waals surface area contributed by atoms with Crippen molar-refractivity contribution in [2.45, 2.75) is 26.8 Å². The van der Waals surface area contributed by atoms with E-state index in [1.54, 1.807) is 17.4 Å². The maximum Gasteiger partial charge on any atom is 0.191 e. The maximum absolute atomic E-state index is 4.55. The van der Waals surface area contributed by atoms with Gasteiger partial charge in [0.25, 0.3) is 0 Å². The molecule has 0 radical (unpaired) electrons. The van der Waals surface area contributed by atoms with Crippen LogP contribution in [-0.2, 0) is 20.0 Å². The molecule has 0 aliphatic heterocycles. The Bertz CT molecular complexity index is 677. The second kappa shape index (κ2) is 10.4. The molecule has 0 spiro atoms. The fourth-order valence-corrected chi connectivity index (χ4v) is 2.67. The van der Waals surface area contributed by atoms with Crippen molar-refractivity contribution in [2.75, 3.05) is 13.1 Å². The van der Waals surface area contributed by atoms with Crippen LogP contribution in [0.1, 0.15) is 21.5 Å². The van der Waals surface area contributed by atoms with Gasteiger partial charge < -0.3 is 15.2 Å². The van der Waals surface area contributed by atoms with Gasteiger partial charge in [-0.25, -0.2) is 9.98 Å². The Morgan fingerprint density at radius 1 is 1.38 bits per heavy atom. The Kier molecular flexibility index (Phi) is 8.90. The second-order valence-electron chi connectivity index (χ2n) is 5.10. The number of thiazole rings is 1. The molecule has 2 aromatic rings. The highest BCUT2D eigenvalue weighted by atomic mass is 127. The summed E-state index contributed by atoms with van der Waals surface area (Å²) in [5, 5.41) is 15.8. The Hall–Kier alpha value is -1.49. The lowest BCUT2D eigenvalue weighted by molar-refractivity contribution is 0.756. The topological polar surface area (TPSA) is 80.0 Å². The molecule has 0 bridgehead atoms. The summed E-state index contributed by atoms with van der Waals surface area (Å²) in [4.78, 5) is 10.1. The number of hydrogen-bond donors (Lipinski definition) is 2. The number of nitrogens with zero attached hydrogens (tertiary/aromatic N) is 5. The zero-order valence-corrected chi connectivity index (χ0v) is 17.4. The highest BCUT2D eigenvalue weighted by molar-refractivity contribution is 14.0. The largest absolute Gasteiger partial charge is 0.356 e. The van der Waals surface area contributed by atoms with Crippen LogP contribution in [0.5, 0.6) is 0 Å². The van der Waals surface area contributed by atoms with Crippen LogP contribution in [0.4, 0.5) is 0 Å². The summed E-state index contributed by atoms with van der Waals surface area (Å²) in [6, 6.07) is 0. The van der Waals surface area contributed by atoms with Gasteiger partial charge in [0.1, 0.15) is 12.4 Å². The van der Waals surface area contributed by atoms with E-state index in [9.17, 15) is 0 Å². The number of aromatic nitrogens is 4. The summed E-state index contributed by atoms with van der Waals surface area (Å²) in [6.07, 6.45) is 4.57. The van der Waals surface area contributed by atoms with E-state index in [-0.39, 0.29) is 24.0 Å². The summed E-state index contributed by atoms with van der Waals surface area (Å²) in [5.74, 6) is 2.44. The number of rotatable bonds is 7. The third-order valence-electron chi connectivity index (χ3n) is 3.28. The predicted octanol–water partition coefficient (Wildman–Crippen LogP) is 1.97. The minimum Gasteiger partial charge on any atom is -0.356 e. The van der Waals surface area contributed by atoms with Crippen molar-refractivity contribution >= 4 is 41.3 Å². The van der Waals surface area contributed by atoms with E-state index in [1.165, 1.54) is 4.88 Å². The molecule has 0 saturated carbocycles. The van der Waals surface area contributed by atoms with Crippen molar-refractivity contribution in [3.8, 4) is 0 Å². The summed E-state index contributed by atoms with van der Waals surface area (Å²) >= 11 is 1.72. The second-order valence-corrected chi connectivity index (χ2v) is 6.42.